The Kier molecular flexibility index (Phi) is 5.54. The zero-order valence-corrected chi connectivity index (χ0v) is 17.5. The minimum Gasteiger partial charge on any atom is -0.457 e. The first-order valence-corrected chi connectivity index (χ1v) is 10.9. The van der Waals surface area contributed by atoms with Gasteiger partial charge in [-0.25, -0.2) is 4.98 Å². The molecule has 154 valence electrons. The van der Waals surface area contributed by atoms with E-state index in [-0.39, 0.29) is 30.8 Å². The number of hydrogen-bond donors (Lipinski definition) is 0. The van der Waals surface area contributed by atoms with Crippen molar-refractivity contribution in [3.8, 4) is 5.13 Å². The van der Waals surface area contributed by atoms with E-state index in [1.807, 2.05) is 28.7 Å². The van der Waals surface area contributed by atoms with Crippen molar-refractivity contribution in [2.75, 3.05) is 13.2 Å². The summed E-state index contributed by atoms with van der Waals surface area (Å²) >= 11 is 1.49. The predicted molar refractivity (Wildman–Crippen MR) is 108 cm³/mol. The van der Waals surface area contributed by atoms with E-state index in [1.54, 1.807) is 12.3 Å². The van der Waals surface area contributed by atoms with Gasteiger partial charge in [0.2, 0.25) is 11.7 Å². The summed E-state index contributed by atoms with van der Waals surface area (Å²) in [6, 6.07) is 2.06. The molecule has 0 unspecified atom stereocenters. The number of rotatable bonds is 6. The summed E-state index contributed by atoms with van der Waals surface area (Å²) in [6.07, 6.45) is 6.21. The van der Waals surface area contributed by atoms with E-state index in [4.69, 9.17) is 4.74 Å². The minimum atomic E-state index is -0.473. The minimum absolute atomic E-state index is 0.0252. The Morgan fingerprint density at radius 2 is 2.03 bits per heavy atom. The second-order valence-corrected chi connectivity index (χ2v) is 8.72. The van der Waals surface area contributed by atoms with Crippen molar-refractivity contribution in [3.63, 3.8) is 0 Å². The Hall–Kier alpha value is -2.48. The predicted octanol–water partition coefficient (Wildman–Crippen LogP) is 3.07. The van der Waals surface area contributed by atoms with Crippen molar-refractivity contribution in [1.82, 2.24) is 14.5 Å². The molecular formula is C21H25N3O4S. The highest BCUT2D eigenvalue weighted by molar-refractivity contribution is 7.12. The third-order valence-corrected chi connectivity index (χ3v) is 6.70. The Morgan fingerprint density at radius 3 is 2.72 bits per heavy atom. The van der Waals surface area contributed by atoms with E-state index >= 15 is 0 Å². The number of aryl methyl sites for hydroxylation is 1. The Balaban J connectivity index is 1.37. The first kappa shape index (κ1) is 19.8. The van der Waals surface area contributed by atoms with Gasteiger partial charge in [0, 0.05) is 47.5 Å². The van der Waals surface area contributed by atoms with Crippen molar-refractivity contribution in [2.45, 2.75) is 52.0 Å². The fourth-order valence-corrected chi connectivity index (χ4v) is 5.21. The van der Waals surface area contributed by atoms with Gasteiger partial charge in [-0.15, -0.1) is 11.3 Å². The molecule has 8 heteroatoms. The Labute approximate surface area is 173 Å². The molecule has 2 aromatic heterocycles. The number of Topliss-reactive ketones (excluding diaryl/α,β-unsaturated/α-hetero) is 1. The smallest absolute Gasteiger partial charge is 0.311 e. The molecule has 2 fully saturated rings. The molecule has 1 aliphatic heterocycles. The van der Waals surface area contributed by atoms with Crippen LogP contribution in [0, 0.1) is 19.8 Å². The van der Waals surface area contributed by atoms with Gasteiger partial charge < -0.3 is 9.64 Å². The van der Waals surface area contributed by atoms with Gasteiger partial charge in [0.1, 0.15) is 0 Å². The first-order chi connectivity index (χ1) is 14.0. The quantitative estimate of drug-likeness (QED) is 0.535. The average Bonchev–Trinajstić information content (AvgIpc) is 3.46. The Morgan fingerprint density at radius 1 is 1.28 bits per heavy atom. The molecule has 4 rings (SSSR count). The van der Waals surface area contributed by atoms with Crippen molar-refractivity contribution in [2.24, 2.45) is 5.92 Å². The van der Waals surface area contributed by atoms with Crippen LogP contribution in [0.5, 0.6) is 0 Å². The molecule has 0 bridgehead atoms. The van der Waals surface area contributed by atoms with Crippen LogP contribution in [-0.4, -0.2) is 51.3 Å². The molecule has 0 N–H and O–H groups in total. The number of carbonyl (C=O) groups excluding carboxylic acids is 3. The van der Waals surface area contributed by atoms with E-state index in [0.29, 0.717) is 12.1 Å². The molecule has 1 atom stereocenters. The second-order valence-electron chi connectivity index (χ2n) is 7.85. The van der Waals surface area contributed by atoms with Crippen molar-refractivity contribution >= 4 is 29.0 Å². The lowest BCUT2D eigenvalue weighted by Crippen LogP contribution is -2.35. The summed E-state index contributed by atoms with van der Waals surface area (Å²) in [5.41, 5.74) is 2.21. The van der Waals surface area contributed by atoms with Crippen molar-refractivity contribution in [3.05, 3.63) is 34.6 Å². The molecule has 0 spiro atoms. The molecule has 2 aromatic rings. The summed E-state index contributed by atoms with van der Waals surface area (Å²) in [4.78, 5) is 43.6. The standard InChI is InChI=1S/C21H25N3O4S/c1-13-9-17(14(2)24(13)21-22-7-8-29-21)18(25)12-28-20(27)15-10-19(26)23(11-15)16-5-3-4-6-16/h7-9,15-16H,3-6,10-12H2,1-2H3/t15-/m0/s1. The molecule has 1 saturated carbocycles. The third kappa shape index (κ3) is 3.85. The van der Waals surface area contributed by atoms with Gasteiger partial charge in [-0.1, -0.05) is 12.8 Å². The molecular weight excluding hydrogens is 390 g/mol. The molecule has 1 amide bonds. The maximum absolute atomic E-state index is 12.7. The zero-order chi connectivity index (χ0) is 20.5. The van der Waals surface area contributed by atoms with Gasteiger partial charge in [-0.05, 0) is 32.8 Å². The fraction of sp³-hybridized carbons (Fsp3) is 0.524. The van der Waals surface area contributed by atoms with Gasteiger partial charge in [0.15, 0.2) is 11.7 Å². The molecule has 7 nitrogen and oxygen atoms in total. The molecule has 1 saturated heterocycles. The van der Waals surface area contributed by atoms with Gasteiger partial charge in [-0.3, -0.25) is 19.0 Å². The number of likely N-dealkylation sites (tertiary alicyclic amines) is 1. The summed E-state index contributed by atoms with van der Waals surface area (Å²) < 4.78 is 7.23. The summed E-state index contributed by atoms with van der Waals surface area (Å²) in [6.45, 7) is 3.88. The van der Waals surface area contributed by atoms with Crippen LogP contribution in [0.4, 0.5) is 0 Å². The number of ether oxygens (including phenoxy) is 1. The third-order valence-electron chi connectivity index (χ3n) is 5.94. The molecule has 29 heavy (non-hydrogen) atoms. The van der Waals surface area contributed by atoms with Gasteiger partial charge in [0.05, 0.1) is 5.92 Å². The lowest BCUT2D eigenvalue weighted by Gasteiger charge is -2.23. The number of esters is 1. The summed E-state index contributed by atoms with van der Waals surface area (Å²) in [5, 5.41) is 2.68. The molecule has 2 aliphatic rings. The number of aromatic nitrogens is 2. The number of carbonyl (C=O) groups is 3. The first-order valence-electron chi connectivity index (χ1n) is 10.0. The van der Waals surface area contributed by atoms with E-state index in [1.165, 1.54) is 11.3 Å². The number of thiazole rings is 1. The SMILES string of the molecule is Cc1cc(C(=O)COC(=O)[C@H]2CC(=O)N(C3CCCC3)C2)c(C)n1-c1nccs1. The topological polar surface area (TPSA) is 81.5 Å². The molecule has 3 heterocycles. The normalized spacial score (nSPS) is 19.9. The van der Waals surface area contributed by atoms with E-state index in [2.05, 4.69) is 4.98 Å². The fourth-order valence-electron chi connectivity index (χ4n) is 4.46. The Bertz CT molecular complexity index is 928. The lowest BCUT2D eigenvalue weighted by atomic mass is 10.1. The van der Waals surface area contributed by atoms with E-state index < -0.39 is 11.9 Å². The number of hydrogen-bond acceptors (Lipinski definition) is 6. The van der Waals surface area contributed by atoms with Crippen LogP contribution in [0.25, 0.3) is 5.13 Å². The van der Waals surface area contributed by atoms with Gasteiger partial charge in [0.25, 0.3) is 0 Å². The highest BCUT2D eigenvalue weighted by atomic mass is 32.1. The zero-order valence-electron chi connectivity index (χ0n) is 16.7. The van der Waals surface area contributed by atoms with Crippen LogP contribution in [0.3, 0.4) is 0 Å². The molecule has 1 aliphatic carbocycles. The lowest BCUT2D eigenvalue weighted by molar-refractivity contribution is -0.147. The van der Waals surface area contributed by atoms with E-state index in [9.17, 15) is 14.4 Å². The van der Waals surface area contributed by atoms with Crippen LogP contribution < -0.4 is 0 Å². The van der Waals surface area contributed by atoms with Crippen LogP contribution in [0.1, 0.15) is 53.8 Å². The van der Waals surface area contributed by atoms with Crippen LogP contribution in [0.2, 0.25) is 0 Å². The maximum atomic E-state index is 12.7. The largest absolute Gasteiger partial charge is 0.457 e. The van der Waals surface area contributed by atoms with Crippen molar-refractivity contribution in [1.29, 1.82) is 0 Å². The van der Waals surface area contributed by atoms with E-state index in [0.717, 1.165) is 42.2 Å². The highest BCUT2D eigenvalue weighted by Crippen LogP contribution is 2.30. The highest BCUT2D eigenvalue weighted by Gasteiger charge is 2.39. The summed E-state index contributed by atoms with van der Waals surface area (Å²) in [5.74, 6) is -1.15. The second kappa shape index (κ2) is 8.10. The maximum Gasteiger partial charge on any atom is 0.311 e. The number of nitrogens with zero attached hydrogens (tertiary/aromatic N) is 3. The van der Waals surface area contributed by atoms with Crippen LogP contribution in [-0.2, 0) is 14.3 Å². The van der Waals surface area contributed by atoms with Crippen molar-refractivity contribution < 1.29 is 19.1 Å². The molecule has 0 radical (unpaired) electrons. The van der Waals surface area contributed by atoms with Crippen LogP contribution in [0.15, 0.2) is 17.6 Å². The van der Waals surface area contributed by atoms with Gasteiger partial charge in [-0.2, -0.15) is 0 Å². The molecule has 0 aromatic carbocycles. The monoisotopic (exact) mass is 415 g/mol. The number of amides is 1. The van der Waals surface area contributed by atoms with Crippen LogP contribution >= 0.6 is 11.3 Å². The summed E-state index contributed by atoms with van der Waals surface area (Å²) in [7, 11) is 0. The number of ketones is 1. The average molecular weight is 416 g/mol. The van der Waals surface area contributed by atoms with Gasteiger partial charge >= 0.3 is 5.97 Å².